The number of benzene rings is 1. The van der Waals surface area contributed by atoms with E-state index in [0.29, 0.717) is 44.9 Å². The van der Waals surface area contributed by atoms with Crippen LogP contribution in [0.2, 0.25) is 0 Å². The van der Waals surface area contributed by atoms with Crippen molar-refractivity contribution in [2.45, 2.75) is 70.5 Å². The van der Waals surface area contributed by atoms with Crippen molar-refractivity contribution in [1.29, 1.82) is 0 Å². The van der Waals surface area contributed by atoms with E-state index in [1.165, 1.54) is 0 Å². The topological polar surface area (TPSA) is 144 Å². The molecule has 0 aromatic heterocycles. The maximum atomic E-state index is 13.3. The summed E-state index contributed by atoms with van der Waals surface area (Å²) < 4.78 is 18.6. The highest BCUT2D eigenvalue weighted by Crippen LogP contribution is 2.23. The second-order valence-electron chi connectivity index (χ2n) is 10.2. The number of ether oxygens (including phenoxy) is 1. The number of ketones is 1. The van der Waals surface area contributed by atoms with Crippen LogP contribution in [0.25, 0.3) is 0 Å². The van der Waals surface area contributed by atoms with Gasteiger partial charge < -0.3 is 31.1 Å². The standard InChI is InChI=1S/C27H41FN6O5/c1-18(2)23(33-27(38)39-17-19-8-4-3-5-9-19)25(37)34-15-7-11-21(34)24(36)32-20(22(35)16-28)10-6-12-29-26-30-13-14-31-26/h3-5,8-9,18,20-21,23,25,37H,6-7,10-17H2,1-2H3,(H,32,36)(H,33,38)(H2,29,30,31)/t20-,21-,23-,25?/m0/s1. The number of halogens is 1. The third kappa shape index (κ3) is 9.17. The van der Waals surface area contributed by atoms with Crippen LogP contribution in [0.1, 0.15) is 45.1 Å². The Labute approximate surface area is 228 Å². The van der Waals surface area contributed by atoms with Gasteiger partial charge in [-0.25, -0.2) is 9.18 Å². The molecule has 0 radical (unpaired) electrons. The van der Waals surface area contributed by atoms with Crippen molar-refractivity contribution in [2.75, 3.05) is 32.9 Å². The molecule has 1 unspecified atom stereocenters. The normalized spacial score (nSPS) is 19.5. The second-order valence-corrected chi connectivity index (χ2v) is 10.2. The van der Waals surface area contributed by atoms with Crippen LogP contribution < -0.4 is 21.3 Å². The zero-order chi connectivity index (χ0) is 28.2. The number of aliphatic hydroxyl groups is 1. The number of Topliss-reactive ketones (excluding diaryl/α,β-unsaturated/α-hetero) is 1. The van der Waals surface area contributed by atoms with Crippen LogP contribution in [-0.2, 0) is 20.9 Å². The molecule has 1 fully saturated rings. The third-order valence-electron chi connectivity index (χ3n) is 6.95. The number of carbonyl (C=O) groups excluding carboxylic acids is 3. The number of alkyl halides is 1. The number of rotatable bonds is 14. The number of guanidine groups is 1. The van der Waals surface area contributed by atoms with E-state index in [1.54, 1.807) is 4.90 Å². The van der Waals surface area contributed by atoms with E-state index in [4.69, 9.17) is 4.74 Å². The molecule has 2 amide bonds. The quantitative estimate of drug-likeness (QED) is 0.217. The van der Waals surface area contributed by atoms with Gasteiger partial charge in [0.1, 0.15) is 19.5 Å². The van der Waals surface area contributed by atoms with Crippen molar-refractivity contribution in [3.05, 3.63) is 35.9 Å². The lowest BCUT2D eigenvalue weighted by Gasteiger charge is -2.36. The Kier molecular flexibility index (Phi) is 11.9. The highest BCUT2D eigenvalue weighted by atomic mass is 19.1. The summed E-state index contributed by atoms with van der Waals surface area (Å²) in [6.07, 6.45) is 0.0887. The van der Waals surface area contributed by atoms with Crippen LogP contribution in [0.4, 0.5) is 9.18 Å². The molecule has 216 valence electrons. The van der Waals surface area contributed by atoms with Gasteiger partial charge in [-0.2, -0.15) is 0 Å². The molecule has 2 aliphatic heterocycles. The maximum absolute atomic E-state index is 13.3. The number of hydrogen-bond donors (Lipinski definition) is 5. The molecule has 0 saturated carbocycles. The first-order chi connectivity index (χ1) is 18.8. The van der Waals surface area contributed by atoms with E-state index in [1.807, 2.05) is 44.2 Å². The zero-order valence-corrected chi connectivity index (χ0v) is 22.7. The lowest BCUT2D eigenvalue weighted by atomic mass is 10.0. The molecule has 4 atom stereocenters. The SMILES string of the molecule is CC(C)[C@H](NC(=O)OCc1ccccc1)C(O)N1CCC[C@H]1C(=O)N[C@@H](CCCNC1=NCCN1)C(=O)CF. The van der Waals surface area contributed by atoms with Crippen molar-refractivity contribution < 1.29 is 28.6 Å². The smallest absolute Gasteiger partial charge is 0.407 e. The van der Waals surface area contributed by atoms with Gasteiger partial charge in [-0.15, -0.1) is 0 Å². The van der Waals surface area contributed by atoms with Gasteiger partial charge in [0.15, 0.2) is 11.7 Å². The Bertz CT molecular complexity index is 979. The lowest BCUT2D eigenvalue weighted by molar-refractivity contribution is -0.135. The molecule has 12 heteroatoms. The number of nitrogens with zero attached hydrogens (tertiary/aromatic N) is 2. The van der Waals surface area contributed by atoms with Crippen LogP contribution in [0.15, 0.2) is 35.3 Å². The molecule has 11 nitrogen and oxygen atoms in total. The van der Waals surface area contributed by atoms with Crippen LogP contribution in [0.5, 0.6) is 0 Å². The fourth-order valence-electron chi connectivity index (χ4n) is 4.78. The van der Waals surface area contributed by atoms with Crippen LogP contribution in [0.3, 0.4) is 0 Å². The minimum Gasteiger partial charge on any atom is -0.445 e. The Morgan fingerprint density at radius 1 is 1.23 bits per heavy atom. The van der Waals surface area contributed by atoms with Gasteiger partial charge in [-0.3, -0.25) is 19.5 Å². The van der Waals surface area contributed by atoms with Crippen molar-refractivity contribution >= 4 is 23.7 Å². The maximum Gasteiger partial charge on any atom is 0.407 e. The number of alkyl carbamates (subject to hydrolysis) is 1. The summed E-state index contributed by atoms with van der Waals surface area (Å²) in [7, 11) is 0. The summed E-state index contributed by atoms with van der Waals surface area (Å²) in [4.78, 5) is 43.8. The Hall–Kier alpha value is -3.25. The number of nitrogens with one attached hydrogen (secondary N) is 4. The monoisotopic (exact) mass is 548 g/mol. The summed E-state index contributed by atoms with van der Waals surface area (Å²) in [6.45, 7) is 5.05. The number of carbonyl (C=O) groups is 3. The second kappa shape index (κ2) is 15.4. The average Bonchev–Trinajstić information content (AvgIpc) is 3.64. The molecule has 3 rings (SSSR count). The number of hydrogen-bond acceptors (Lipinski definition) is 9. The van der Waals surface area contributed by atoms with Crippen LogP contribution in [-0.4, -0.2) is 91.0 Å². The predicted molar refractivity (Wildman–Crippen MR) is 145 cm³/mol. The van der Waals surface area contributed by atoms with E-state index < -0.39 is 48.8 Å². The molecule has 1 aromatic rings. The van der Waals surface area contributed by atoms with Gasteiger partial charge in [-0.1, -0.05) is 44.2 Å². The van der Waals surface area contributed by atoms with Crippen molar-refractivity contribution in [2.24, 2.45) is 10.9 Å². The first-order valence-corrected chi connectivity index (χ1v) is 13.6. The Morgan fingerprint density at radius 3 is 2.67 bits per heavy atom. The summed E-state index contributed by atoms with van der Waals surface area (Å²) in [6, 6.07) is 6.87. The van der Waals surface area contributed by atoms with E-state index in [9.17, 15) is 23.9 Å². The summed E-state index contributed by atoms with van der Waals surface area (Å²) in [5, 5.41) is 22.9. The number of amides is 2. The molecule has 0 bridgehead atoms. The largest absolute Gasteiger partial charge is 0.445 e. The molecule has 39 heavy (non-hydrogen) atoms. The van der Waals surface area contributed by atoms with E-state index in [2.05, 4.69) is 26.3 Å². The fraction of sp³-hybridized carbons (Fsp3) is 0.630. The molecular formula is C27H41FN6O5. The molecule has 1 aromatic carbocycles. The van der Waals surface area contributed by atoms with Gasteiger partial charge in [0.05, 0.1) is 24.7 Å². The van der Waals surface area contributed by atoms with Gasteiger partial charge in [-0.05, 0) is 37.2 Å². The van der Waals surface area contributed by atoms with E-state index >= 15 is 0 Å². The summed E-state index contributed by atoms with van der Waals surface area (Å²) in [5.41, 5.74) is 0.836. The van der Waals surface area contributed by atoms with Crippen molar-refractivity contribution in [3.63, 3.8) is 0 Å². The van der Waals surface area contributed by atoms with Crippen LogP contribution >= 0.6 is 0 Å². The van der Waals surface area contributed by atoms with Gasteiger partial charge in [0.25, 0.3) is 0 Å². The van der Waals surface area contributed by atoms with E-state index in [0.717, 1.165) is 12.1 Å². The summed E-state index contributed by atoms with van der Waals surface area (Å²) >= 11 is 0. The van der Waals surface area contributed by atoms with Crippen molar-refractivity contribution in [3.8, 4) is 0 Å². The number of likely N-dealkylation sites (tertiary alicyclic amines) is 1. The predicted octanol–water partition coefficient (Wildman–Crippen LogP) is 1.07. The molecular weight excluding hydrogens is 507 g/mol. The van der Waals surface area contributed by atoms with Gasteiger partial charge in [0, 0.05) is 19.6 Å². The number of aliphatic imine (C=N–C) groups is 1. The number of aliphatic hydroxyl groups excluding tert-OH is 1. The highest BCUT2D eigenvalue weighted by molar-refractivity contribution is 5.91. The zero-order valence-electron chi connectivity index (χ0n) is 22.7. The molecule has 1 saturated heterocycles. The van der Waals surface area contributed by atoms with E-state index in [-0.39, 0.29) is 18.9 Å². The molecule has 2 heterocycles. The molecule has 0 spiro atoms. The minimum atomic E-state index is -1.17. The van der Waals surface area contributed by atoms with Crippen LogP contribution in [0, 0.1) is 5.92 Å². The third-order valence-corrected chi connectivity index (χ3v) is 6.95. The lowest BCUT2D eigenvalue weighted by Crippen LogP contribution is -2.59. The fourth-order valence-corrected chi connectivity index (χ4v) is 4.78. The van der Waals surface area contributed by atoms with Gasteiger partial charge >= 0.3 is 6.09 Å². The first-order valence-electron chi connectivity index (χ1n) is 13.6. The molecule has 5 N–H and O–H groups in total. The highest BCUT2D eigenvalue weighted by Gasteiger charge is 2.40. The first kappa shape index (κ1) is 30.3. The minimum absolute atomic E-state index is 0.0897. The summed E-state index contributed by atoms with van der Waals surface area (Å²) in [5.74, 6) is -0.601. The van der Waals surface area contributed by atoms with Crippen molar-refractivity contribution in [1.82, 2.24) is 26.2 Å². The average molecular weight is 549 g/mol. The Morgan fingerprint density at radius 2 is 2.00 bits per heavy atom. The molecule has 0 aliphatic carbocycles. The Balaban J connectivity index is 1.55. The van der Waals surface area contributed by atoms with Gasteiger partial charge in [0.2, 0.25) is 5.91 Å². The molecule has 2 aliphatic rings.